The number of likely N-dealkylation sites (N-methyl/N-ethyl adjacent to an activating group) is 1. The Hall–Kier alpha value is -0.860. The third-order valence-electron chi connectivity index (χ3n) is 3.23. The van der Waals surface area contributed by atoms with Crippen LogP contribution in [0.2, 0.25) is 0 Å². The van der Waals surface area contributed by atoms with Crippen molar-refractivity contribution >= 4 is 0 Å². The van der Waals surface area contributed by atoms with Crippen molar-refractivity contribution in [1.82, 2.24) is 9.80 Å². The third kappa shape index (κ3) is 2.80. The summed E-state index contributed by atoms with van der Waals surface area (Å²) in [4.78, 5) is 4.88. The summed E-state index contributed by atoms with van der Waals surface area (Å²) in [6.45, 7) is 3.55. The highest BCUT2D eigenvalue weighted by Gasteiger charge is 2.23. The van der Waals surface area contributed by atoms with E-state index in [4.69, 9.17) is 0 Å². The summed E-state index contributed by atoms with van der Waals surface area (Å²) in [7, 11) is 4.35. The van der Waals surface area contributed by atoms with E-state index in [-0.39, 0.29) is 0 Å². The second-order valence-electron chi connectivity index (χ2n) is 4.63. The minimum atomic E-state index is 0.744. The topological polar surface area (TPSA) is 6.48 Å². The predicted octanol–water partition coefficient (Wildman–Crippen LogP) is 1.82. The Kier molecular flexibility index (Phi) is 3.39. The molecule has 0 bridgehead atoms. The molecule has 2 rings (SSSR count). The average molecular weight is 204 g/mol. The van der Waals surface area contributed by atoms with Gasteiger partial charge in [0.25, 0.3) is 0 Å². The summed E-state index contributed by atoms with van der Waals surface area (Å²) in [6, 6.07) is 11.5. The molecular weight excluding hydrogens is 184 g/mol. The van der Waals surface area contributed by atoms with Crippen LogP contribution >= 0.6 is 0 Å². The number of hydrogen-bond acceptors (Lipinski definition) is 2. The van der Waals surface area contributed by atoms with Gasteiger partial charge >= 0.3 is 0 Å². The van der Waals surface area contributed by atoms with Gasteiger partial charge in [0.05, 0.1) is 0 Å². The van der Waals surface area contributed by atoms with E-state index in [1.165, 1.54) is 25.1 Å². The Morgan fingerprint density at radius 1 is 1.27 bits per heavy atom. The standard InChI is InChI=1S/C13H20N2/c1-14(2)13-8-9-15(11-13)10-12-6-4-3-5-7-12/h3-7,13H,8-11H2,1-2H3/t13-/m0/s1. The fourth-order valence-electron chi connectivity index (χ4n) is 2.22. The monoisotopic (exact) mass is 204 g/mol. The summed E-state index contributed by atoms with van der Waals surface area (Å²) in [5.74, 6) is 0. The molecule has 1 aliphatic rings. The van der Waals surface area contributed by atoms with E-state index in [0.29, 0.717) is 0 Å². The summed E-state index contributed by atoms with van der Waals surface area (Å²) in [6.07, 6.45) is 1.31. The van der Waals surface area contributed by atoms with Crippen molar-refractivity contribution in [2.45, 2.75) is 19.0 Å². The quantitative estimate of drug-likeness (QED) is 0.741. The Labute approximate surface area is 92.5 Å². The van der Waals surface area contributed by atoms with Crippen LogP contribution in [0, 0.1) is 0 Å². The van der Waals surface area contributed by atoms with Gasteiger partial charge in [-0.2, -0.15) is 0 Å². The molecule has 0 N–H and O–H groups in total. The normalized spacial score (nSPS) is 22.5. The van der Waals surface area contributed by atoms with E-state index in [1.807, 2.05) is 0 Å². The third-order valence-corrected chi connectivity index (χ3v) is 3.23. The van der Waals surface area contributed by atoms with E-state index < -0.39 is 0 Å². The second-order valence-corrected chi connectivity index (χ2v) is 4.63. The van der Waals surface area contributed by atoms with Gasteiger partial charge in [-0.25, -0.2) is 0 Å². The number of rotatable bonds is 3. The Balaban J connectivity index is 1.88. The number of hydrogen-bond donors (Lipinski definition) is 0. The molecule has 0 spiro atoms. The minimum Gasteiger partial charge on any atom is -0.305 e. The van der Waals surface area contributed by atoms with Crippen LogP contribution in [-0.2, 0) is 6.54 Å². The molecule has 0 saturated carbocycles. The van der Waals surface area contributed by atoms with Gasteiger partial charge in [-0.05, 0) is 26.1 Å². The Bertz CT molecular complexity index is 295. The van der Waals surface area contributed by atoms with E-state index in [9.17, 15) is 0 Å². The lowest BCUT2D eigenvalue weighted by molar-refractivity contribution is 0.264. The van der Waals surface area contributed by atoms with Crippen molar-refractivity contribution in [2.24, 2.45) is 0 Å². The zero-order valence-electron chi connectivity index (χ0n) is 9.69. The first-order valence-corrected chi connectivity index (χ1v) is 5.68. The largest absolute Gasteiger partial charge is 0.305 e. The van der Waals surface area contributed by atoms with E-state index in [0.717, 1.165) is 12.6 Å². The van der Waals surface area contributed by atoms with Crippen molar-refractivity contribution in [3.05, 3.63) is 35.9 Å². The van der Waals surface area contributed by atoms with E-state index >= 15 is 0 Å². The molecule has 15 heavy (non-hydrogen) atoms. The van der Waals surface area contributed by atoms with Crippen LogP contribution in [0.5, 0.6) is 0 Å². The Morgan fingerprint density at radius 3 is 2.60 bits per heavy atom. The van der Waals surface area contributed by atoms with Gasteiger partial charge in [0, 0.05) is 25.7 Å². The summed E-state index contributed by atoms with van der Waals surface area (Å²) >= 11 is 0. The number of nitrogens with zero attached hydrogens (tertiary/aromatic N) is 2. The maximum atomic E-state index is 2.54. The predicted molar refractivity (Wildman–Crippen MR) is 63.8 cm³/mol. The average Bonchev–Trinajstić information content (AvgIpc) is 2.68. The van der Waals surface area contributed by atoms with Crippen LogP contribution < -0.4 is 0 Å². The first-order chi connectivity index (χ1) is 7.25. The van der Waals surface area contributed by atoms with E-state index in [2.05, 4.69) is 54.2 Å². The molecule has 0 amide bonds. The lowest BCUT2D eigenvalue weighted by Crippen LogP contribution is -2.31. The molecule has 0 unspecified atom stereocenters. The highest BCUT2D eigenvalue weighted by atomic mass is 15.2. The van der Waals surface area contributed by atoms with Gasteiger partial charge < -0.3 is 4.90 Å². The van der Waals surface area contributed by atoms with Crippen molar-refractivity contribution < 1.29 is 0 Å². The van der Waals surface area contributed by atoms with Crippen molar-refractivity contribution in [1.29, 1.82) is 0 Å². The Morgan fingerprint density at radius 2 is 2.00 bits per heavy atom. The molecule has 1 aromatic rings. The van der Waals surface area contributed by atoms with Gasteiger partial charge in [-0.3, -0.25) is 4.90 Å². The van der Waals surface area contributed by atoms with Crippen molar-refractivity contribution in [3.8, 4) is 0 Å². The van der Waals surface area contributed by atoms with Crippen LogP contribution in [0.25, 0.3) is 0 Å². The second kappa shape index (κ2) is 4.77. The SMILES string of the molecule is CN(C)[C@H]1CCN(Cc2ccccc2)C1. The smallest absolute Gasteiger partial charge is 0.0234 e. The lowest BCUT2D eigenvalue weighted by Gasteiger charge is -2.20. The fourth-order valence-corrected chi connectivity index (χ4v) is 2.22. The zero-order chi connectivity index (χ0) is 10.7. The molecule has 1 fully saturated rings. The zero-order valence-corrected chi connectivity index (χ0v) is 9.69. The number of likely N-dealkylation sites (tertiary alicyclic amines) is 1. The highest BCUT2D eigenvalue weighted by Crippen LogP contribution is 2.15. The van der Waals surface area contributed by atoms with Gasteiger partial charge in [-0.15, -0.1) is 0 Å². The molecule has 2 nitrogen and oxygen atoms in total. The molecule has 1 saturated heterocycles. The van der Waals surface area contributed by atoms with Gasteiger partial charge in [-0.1, -0.05) is 30.3 Å². The summed E-state index contributed by atoms with van der Waals surface area (Å²) in [5, 5.41) is 0. The molecule has 82 valence electrons. The molecule has 1 aliphatic heterocycles. The summed E-state index contributed by atoms with van der Waals surface area (Å²) in [5.41, 5.74) is 1.43. The maximum absolute atomic E-state index is 2.54. The van der Waals surface area contributed by atoms with E-state index in [1.54, 1.807) is 0 Å². The fraction of sp³-hybridized carbons (Fsp3) is 0.538. The van der Waals surface area contributed by atoms with Crippen LogP contribution in [0.1, 0.15) is 12.0 Å². The van der Waals surface area contributed by atoms with Crippen LogP contribution in [-0.4, -0.2) is 43.0 Å². The molecule has 2 heteroatoms. The molecule has 0 aliphatic carbocycles. The molecular formula is C13H20N2. The van der Waals surface area contributed by atoms with Gasteiger partial charge in [0.15, 0.2) is 0 Å². The van der Waals surface area contributed by atoms with Crippen molar-refractivity contribution in [3.63, 3.8) is 0 Å². The minimum absolute atomic E-state index is 0.744. The van der Waals surface area contributed by atoms with Crippen molar-refractivity contribution in [2.75, 3.05) is 27.2 Å². The van der Waals surface area contributed by atoms with Gasteiger partial charge in [0.2, 0.25) is 0 Å². The maximum Gasteiger partial charge on any atom is 0.0234 e. The van der Waals surface area contributed by atoms with Crippen LogP contribution in [0.15, 0.2) is 30.3 Å². The van der Waals surface area contributed by atoms with Crippen LogP contribution in [0.4, 0.5) is 0 Å². The molecule has 0 aromatic heterocycles. The lowest BCUT2D eigenvalue weighted by atomic mass is 10.2. The number of benzene rings is 1. The molecule has 1 aromatic carbocycles. The molecule has 1 heterocycles. The van der Waals surface area contributed by atoms with Crippen LogP contribution in [0.3, 0.4) is 0 Å². The molecule has 1 atom stereocenters. The summed E-state index contributed by atoms with van der Waals surface area (Å²) < 4.78 is 0. The first-order valence-electron chi connectivity index (χ1n) is 5.68. The highest BCUT2D eigenvalue weighted by molar-refractivity contribution is 5.14. The first kappa shape index (κ1) is 10.7. The van der Waals surface area contributed by atoms with Gasteiger partial charge in [0.1, 0.15) is 0 Å². The molecule has 0 radical (unpaired) electrons.